The van der Waals surface area contributed by atoms with E-state index in [4.69, 9.17) is 5.84 Å². The van der Waals surface area contributed by atoms with Gasteiger partial charge in [-0.15, -0.1) is 0 Å². The van der Waals surface area contributed by atoms with Gasteiger partial charge in [-0.1, -0.05) is 13.0 Å². The first-order valence-corrected chi connectivity index (χ1v) is 5.02. The third kappa shape index (κ3) is 2.39. The van der Waals surface area contributed by atoms with Gasteiger partial charge in [0.15, 0.2) is 0 Å². The lowest BCUT2D eigenvalue weighted by Gasteiger charge is -2.05. The van der Waals surface area contributed by atoms with Crippen molar-refractivity contribution in [1.29, 1.82) is 0 Å². The van der Waals surface area contributed by atoms with Gasteiger partial charge in [0.1, 0.15) is 5.82 Å². The van der Waals surface area contributed by atoms with Crippen LogP contribution in [-0.2, 0) is 5.75 Å². The highest BCUT2D eigenvalue weighted by Gasteiger charge is 1.99. The molecule has 12 heavy (non-hydrogen) atoms. The fraction of sp³-hybridized carbons (Fsp3) is 0.375. The number of rotatable bonds is 4. The Bertz CT molecular complexity index is 239. The monoisotopic (exact) mass is 183 g/mol. The molecular formula is C8H13N3S. The van der Waals surface area contributed by atoms with Crippen LogP contribution in [0.2, 0.25) is 0 Å². The van der Waals surface area contributed by atoms with Crippen LogP contribution in [0.15, 0.2) is 18.3 Å². The highest BCUT2D eigenvalue weighted by Crippen LogP contribution is 2.17. The molecule has 0 amide bonds. The Morgan fingerprint density at radius 2 is 2.50 bits per heavy atom. The van der Waals surface area contributed by atoms with Crippen LogP contribution in [0.25, 0.3) is 0 Å². The topological polar surface area (TPSA) is 50.9 Å². The first-order valence-electron chi connectivity index (χ1n) is 3.86. The Labute approximate surface area is 76.7 Å². The number of nitrogens with two attached hydrogens (primary N) is 1. The van der Waals surface area contributed by atoms with Gasteiger partial charge in [-0.2, -0.15) is 11.8 Å². The second-order valence-electron chi connectivity index (χ2n) is 2.29. The molecule has 66 valence electrons. The zero-order valence-electron chi connectivity index (χ0n) is 7.08. The van der Waals surface area contributed by atoms with E-state index in [9.17, 15) is 0 Å². The molecule has 1 heterocycles. The third-order valence-corrected chi connectivity index (χ3v) is 2.41. The summed E-state index contributed by atoms with van der Waals surface area (Å²) < 4.78 is 0. The largest absolute Gasteiger partial charge is 0.308 e. The molecular weight excluding hydrogens is 170 g/mol. The SMILES string of the molecule is CCSCc1cccnc1NN. The van der Waals surface area contributed by atoms with Crippen molar-refractivity contribution in [1.82, 2.24) is 4.98 Å². The predicted octanol–water partition coefficient (Wildman–Crippen LogP) is 1.62. The molecule has 0 radical (unpaired) electrons. The van der Waals surface area contributed by atoms with E-state index in [1.165, 1.54) is 0 Å². The maximum absolute atomic E-state index is 5.30. The summed E-state index contributed by atoms with van der Waals surface area (Å²) in [6, 6.07) is 3.96. The van der Waals surface area contributed by atoms with Crippen LogP contribution in [0.1, 0.15) is 12.5 Å². The molecule has 3 N–H and O–H groups in total. The number of thioether (sulfide) groups is 1. The Hall–Kier alpha value is -0.740. The fourth-order valence-electron chi connectivity index (χ4n) is 0.897. The number of hydrazine groups is 1. The first-order chi connectivity index (χ1) is 5.88. The highest BCUT2D eigenvalue weighted by molar-refractivity contribution is 7.98. The Morgan fingerprint density at radius 1 is 1.67 bits per heavy atom. The van der Waals surface area contributed by atoms with E-state index in [2.05, 4.69) is 17.3 Å². The van der Waals surface area contributed by atoms with Crippen molar-refractivity contribution < 1.29 is 0 Å². The summed E-state index contributed by atoms with van der Waals surface area (Å²) in [5.74, 6) is 8.15. The second kappa shape index (κ2) is 5.00. The Balaban J connectivity index is 2.68. The molecule has 0 unspecified atom stereocenters. The quantitative estimate of drug-likeness (QED) is 0.550. The van der Waals surface area contributed by atoms with Crippen molar-refractivity contribution >= 4 is 17.6 Å². The van der Waals surface area contributed by atoms with Gasteiger partial charge in [0.2, 0.25) is 0 Å². The minimum Gasteiger partial charge on any atom is -0.308 e. The summed E-state index contributed by atoms with van der Waals surface area (Å²) >= 11 is 1.86. The van der Waals surface area contributed by atoms with Crippen LogP contribution in [0, 0.1) is 0 Å². The molecule has 0 aliphatic rings. The average Bonchev–Trinajstić information content (AvgIpc) is 2.15. The molecule has 0 spiro atoms. The fourth-order valence-corrected chi connectivity index (χ4v) is 1.55. The van der Waals surface area contributed by atoms with E-state index in [0.717, 1.165) is 22.9 Å². The number of nitrogen functional groups attached to an aromatic ring is 1. The van der Waals surface area contributed by atoms with Crippen molar-refractivity contribution in [2.24, 2.45) is 5.84 Å². The normalized spacial score (nSPS) is 9.83. The predicted molar refractivity (Wildman–Crippen MR) is 53.9 cm³/mol. The van der Waals surface area contributed by atoms with Crippen molar-refractivity contribution in [3.63, 3.8) is 0 Å². The molecule has 1 aromatic heterocycles. The smallest absolute Gasteiger partial charge is 0.143 e. The number of pyridine rings is 1. The summed E-state index contributed by atoms with van der Waals surface area (Å²) in [6.07, 6.45) is 1.73. The van der Waals surface area contributed by atoms with Crippen LogP contribution in [0.3, 0.4) is 0 Å². The lowest BCUT2D eigenvalue weighted by atomic mass is 10.3. The molecule has 0 aromatic carbocycles. The molecule has 0 saturated heterocycles. The number of hydrogen-bond donors (Lipinski definition) is 2. The molecule has 0 fully saturated rings. The van der Waals surface area contributed by atoms with Gasteiger partial charge in [-0.25, -0.2) is 10.8 Å². The van der Waals surface area contributed by atoms with E-state index in [0.29, 0.717) is 0 Å². The van der Waals surface area contributed by atoms with E-state index < -0.39 is 0 Å². The number of hydrogen-bond acceptors (Lipinski definition) is 4. The van der Waals surface area contributed by atoms with E-state index in [-0.39, 0.29) is 0 Å². The lowest BCUT2D eigenvalue weighted by molar-refractivity contribution is 1.18. The van der Waals surface area contributed by atoms with E-state index in [1.54, 1.807) is 6.20 Å². The zero-order chi connectivity index (χ0) is 8.81. The van der Waals surface area contributed by atoms with Crippen molar-refractivity contribution in [2.75, 3.05) is 11.2 Å². The van der Waals surface area contributed by atoms with Crippen molar-refractivity contribution in [2.45, 2.75) is 12.7 Å². The Morgan fingerprint density at radius 3 is 3.17 bits per heavy atom. The molecule has 0 aliphatic heterocycles. The number of aromatic nitrogens is 1. The molecule has 4 heteroatoms. The van der Waals surface area contributed by atoms with Gasteiger partial charge in [0.05, 0.1) is 0 Å². The number of nitrogens with zero attached hydrogens (tertiary/aromatic N) is 1. The van der Waals surface area contributed by atoms with Gasteiger partial charge < -0.3 is 5.43 Å². The van der Waals surface area contributed by atoms with Gasteiger partial charge in [0.25, 0.3) is 0 Å². The maximum atomic E-state index is 5.30. The molecule has 0 saturated carbocycles. The zero-order valence-corrected chi connectivity index (χ0v) is 7.90. The molecule has 0 aliphatic carbocycles. The summed E-state index contributed by atoms with van der Waals surface area (Å²) in [4.78, 5) is 4.10. The van der Waals surface area contributed by atoms with Gasteiger partial charge in [-0.05, 0) is 11.8 Å². The van der Waals surface area contributed by atoms with Gasteiger partial charge in [-0.3, -0.25) is 0 Å². The third-order valence-electron chi connectivity index (χ3n) is 1.49. The number of anilines is 1. The maximum Gasteiger partial charge on any atom is 0.143 e. The lowest BCUT2D eigenvalue weighted by Crippen LogP contribution is -2.10. The van der Waals surface area contributed by atoms with E-state index in [1.807, 2.05) is 23.9 Å². The van der Waals surface area contributed by atoms with Crippen LogP contribution in [-0.4, -0.2) is 10.7 Å². The molecule has 0 atom stereocenters. The standard InChI is InChI=1S/C8H13N3S/c1-2-12-6-7-4-3-5-10-8(7)11-9/h3-5H,2,6,9H2,1H3,(H,10,11). The average molecular weight is 183 g/mol. The summed E-state index contributed by atoms with van der Waals surface area (Å²) in [7, 11) is 0. The van der Waals surface area contributed by atoms with Crippen LogP contribution in [0.4, 0.5) is 5.82 Å². The highest BCUT2D eigenvalue weighted by atomic mass is 32.2. The van der Waals surface area contributed by atoms with Crippen LogP contribution < -0.4 is 11.3 Å². The molecule has 3 nitrogen and oxygen atoms in total. The van der Waals surface area contributed by atoms with Gasteiger partial charge in [0, 0.05) is 17.5 Å². The van der Waals surface area contributed by atoms with Crippen molar-refractivity contribution in [3.8, 4) is 0 Å². The summed E-state index contributed by atoms with van der Waals surface area (Å²) in [5.41, 5.74) is 3.74. The van der Waals surface area contributed by atoms with E-state index >= 15 is 0 Å². The first kappa shape index (κ1) is 9.35. The van der Waals surface area contributed by atoms with Gasteiger partial charge >= 0.3 is 0 Å². The summed E-state index contributed by atoms with van der Waals surface area (Å²) in [6.45, 7) is 2.14. The second-order valence-corrected chi connectivity index (χ2v) is 3.57. The van der Waals surface area contributed by atoms with Crippen LogP contribution >= 0.6 is 11.8 Å². The minimum atomic E-state index is 0.776. The minimum absolute atomic E-state index is 0.776. The molecule has 0 bridgehead atoms. The summed E-state index contributed by atoms with van der Waals surface area (Å²) in [5, 5.41) is 0. The van der Waals surface area contributed by atoms with Crippen LogP contribution in [0.5, 0.6) is 0 Å². The Kier molecular flexibility index (Phi) is 3.90. The number of nitrogens with one attached hydrogen (secondary N) is 1. The van der Waals surface area contributed by atoms with Crippen molar-refractivity contribution in [3.05, 3.63) is 23.9 Å². The molecule has 1 aromatic rings. The molecule has 1 rings (SSSR count).